The maximum Gasteiger partial charge on any atom is 0.248 e. The lowest BCUT2D eigenvalue weighted by Gasteiger charge is -2.32. The van der Waals surface area contributed by atoms with Crippen molar-refractivity contribution in [2.24, 2.45) is 10.9 Å². The molecule has 2 rings (SSSR count). The maximum absolute atomic E-state index is 12.5. The summed E-state index contributed by atoms with van der Waals surface area (Å²) in [6.45, 7) is 7.77. The van der Waals surface area contributed by atoms with Gasteiger partial charge in [0.05, 0.1) is 13.2 Å². The summed E-state index contributed by atoms with van der Waals surface area (Å²) in [5, 5.41) is 0. The highest BCUT2D eigenvalue weighted by Crippen LogP contribution is 2.16. The number of benzene rings is 1. The average Bonchev–Trinajstić information content (AvgIpc) is 2.48. The molecule has 0 saturated carbocycles. The Morgan fingerprint density at radius 3 is 2.67 bits per heavy atom. The normalized spacial score (nSPS) is 18.9. The van der Waals surface area contributed by atoms with E-state index in [0.29, 0.717) is 25.6 Å². The standard InChI is InChI=1S/C17H24N2O2/c1-4-21-15-12-19(17(20)16(18-15)13(2)3)11-10-14-8-6-5-7-9-14/h5-9,13,16H,4,10-12H2,1-3H3/t16-/m0/s1. The van der Waals surface area contributed by atoms with E-state index in [0.717, 1.165) is 6.42 Å². The van der Waals surface area contributed by atoms with E-state index in [2.05, 4.69) is 17.1 Å². The molecule has 0 spiro atoms. The third-order valence-electron chi connectivity index (χ3n) is 3.63. The first-order valence-electron chi connectivity index (χ1n) is 7.64. The van der Waals surface area contributed by atoms with E-state index >= 15 is 0 Å². The molecule has 1 aromatic rings. The highest BCUT2D eigenvalue weighted by atomic mass is 16.5. The Balaban J connectivity index is 2.05. The predicted octanol–water partition coefficient (Wildman–Crippen LogP) is 2.53. The van der Waals surface area contributed by atoms with Crippen LogP contribution in [0.5, 0.6) is 0 Å². The third kappa shape index (κ3) is 4.06. The molecule has 0 radical (unpaired) electrons. The van der Waals surface area contributed by atoms with Gasteiger partial charge in [0.2, 0.25) is 11.8 Å². The van der Waals surface area contributed by atoms with Crippen LogP contribution in [-0.2, 0) is 16.0 Å². The second-order valence-electron chi connectivity index (χ2n) is 5.64. The minimum atomic E-state index is -0.309. The van der Waals surface area contributed by atoms with Crippen LogP contribution in [0.2, 0.25) is 0 Å². The van der Waals surface area contributed by atoms with Gasteiger partial charge in [0.1, 0.15) is 6.04 Å². The van der Waals surface area contributed by atoms with Crippen LogP contribution in [0, 0.1) is 5.92 Å². The number of aliphatic imine (C=N–C) groups is 1. The number of carbonyl (C=O) groups is 1. The first-order valence-corrected chi connectivity index (χ1v) is 7.64. The molecule has 1 aliphatic heterocycles. The predicted molar refractivity (Wildman–Crippen MR) is 84.4 cm³/mol. The Morgan fingerprint density at radius 2 is 2.05 bits per heavy atom. The number of rotatable bonds is 5. The number of ether oxygens (including phenoxy) is 1. The maximum atomic E-state index is 12.5. The summed E-state index contributed by atoms with van der Waals surface area (Å²) in [6, 6.07) is 9.92. The fourth-order valence-corrected chi connectivity index (χ4v) is 2.46. The van der Waals surface area contributed by atoms with Gasteiger partial charge in [-0.3, -0.25) is 4.79 Å². The first-order chi connectivity index (χ1) is 10.1. The van der Waals surface area contributed by atoms with E-state index in [9.17, 15) is 4.79 Å². The van der Waals surface area contributed by atoms with E-state index in [4.69, 9.17) is 4.74 Å². The number of amides is 1. The van der Waals surface area contributed by atoms with E-state index in [1.807, 2.05) is 43.9 Å². The topological polar surface area (TPSA) is 41.9 Å². The lowest BCUT2D eigenvalue weighted by atomic mass is 10.0. The van der Waals surface area contributed by atoms with Crippen LogP contribution in [-0.4, -0.2) is 42.4 Å². The van der Waals surface area contributed by atoms with Gasteiger partial charge in [-0.15, -0.1) is 0 Å². The summed E-state index contributed by atoms with van der Waals surface area (Å²) >= 11 is 0. The zero-order valence-electron chi connectivity index (χ0n) is 13.1. The molecule has 1 heterocycles. The van der Waals surface area contributed by atoms with Crippen molar-refractivity contribution in [1.29, 1.82) is 0 Å². The molecular formula is C17H24N2O2. The number of nitrogens with zero attached hydrogens (tertiary/aromatic N) is 2. The third-order valence-corrected chi connectivity index (χ3v) is 3.63. The Bertz CT molecular complexity index is 497. The molecular weight excluding hydrogens is 264 g/mol. The largest absolute Gasteiger partial charge is 0.480 e. The minimum Gasteiger partial charge on any atom is -0.480 e. The van der Waals surface area contributed by atoms with E-state index in [-0.39, 0.29) is 17.9 Å². The van der Waals surface area contributed by atoms with Crippen LogP contribution in [0.1, 0.15) is 26.3 Å². The summed E-state index contributed by atoms with van der Waals surface area (Å²) < 4.78 is 5.55. The number of hydrogen-bond acceptors (Lipinski definition) is 3. The Labute approximate surface area is 126 Å². The zero-order valence-corrected chi connectivity index (χ0v) is 13.1. The van der Waals surface area contributed by atoms with Crippen molar-refractivity contribution in [1.82, 2.24) is 4.90 Å². The number of carbonyl (C=O) groups excluding carboxylic acids is 1. The van der Waals surface area contributed by atoms with Gasteiger partial charge in [-0.25, -0.2) is 4.99 Å². The van der Waals surface area contributed by atoms with Crippen molar-refractivity contribution in [2.75, 3.05) is 19.7 Å². The smallest absolute Gasteiger partial charge is 0.248 e. The summed E-state index contributed by atoms with van der Waals surface area (Å²) in [4.78, 5) is 18.8. The van der Waals surface area contributed by atoms with Crippen molar-refractivity contribution in [3.63, 3.8) is 0 Å². The zero-order chi connectivity index (χ0) is 15.2. The van der Waals surface area contributed by atoms with Gasteiger partial charge in [-0.2, -0.15) is 0 Å². The quantitative estimate of drug-likeness (QED) is 0.835. The average molecular weight is 288 g/mol. The van der Waals surface area contributed by atoms with Gasteiger partial charge in [0, 0.05) is 6.54 Å². The van der Waals surface area contributed by atoms with Crippen molar-refractivity contribution in [3.8, 4) is 0 Å². The van der Waals surface area contributed by atoms with E-state index in [1.54, 1.807) is 0 Å². The molecule has 4 nitrogen and oxygen atoms in total. The molecule has 1 amide bonds. The molecule has 1 aliphatic rings. The second-order valence-corrected chi connectivity index (χ2v) is 5.64. The van der Waals surface area contributed by atoms with Crippen LogP contribution in [0.25, 0.3) is 0 Å². The summed E-state index contributed by atoms with van der Waals surface area (Å²) in [5.41, 5.74) is 1.24. The molecule has 114 valence electrons. The Morgan fingerprint density at radius 1 is 1.33 bits per heavy atom. The van der Waals surface area contributed by atoms with Crippen molar-refractivity contribution >= 4 is 11.8 Å². The van der Waals surface area contributed by atoms with Gasteiger partial charge < -0.3 is 9.64 Å². The molecule has 21 heavy (non-hydrogen) atoms. The van der Waals surface area contributed by atoms with Gasteiger partial charge in [0.25, 0.3) is 0 Å². The van der Waals surface area contributed by atoms with Crippen LogP contribution >= 0.6 is 0 Å². The van der Waals surface area contributed by atoms with Gasteiger partial charge in [-0.05, 0) is 24.8 Å². The van der Waals surface area contributed by atoms with Crippen molar-refractivity contribution < 1.29 is 9.53 Å². The molecule has 0 fully saturated rings. The molecule has 1 atom stereocenters. The van der Waals surface area contributed by atoms with Gasteiger partial charge >= 0.3 is 0 Å². The van der Waals surface area contributed by atoms with Crippen LogP contribution in [0.3, 0.4) is 0 Å². The highest BCUT2D eigenvalue weighted by molar-refractivity contribution is 5.93. The molecule has 4 heteroatoms. The first kappa shape index (κ1) is 15.5. The van der Waals surface area contributed by atoms with Gasteiger partial charge in [0.15, 0.2) is 0 Å². The lowest BCUT2D eigenvalue weighted by Crippen LogP contribution is -2.49. The van der Waals surface area contributed by atoms with Crippen LogP contribution < -0.4 is 0 Å². The Hall–Kier alpha value is -1.84. The molecule has 0 N–H and O–H groups in total. The van der Waals surface area contributed by atoms with E-state index in [1.165, 1.54) is 5.56 Å². The van der Waals surface area contributed by atoms with Crippen LogP contribution in [0.4, 0.5) is 0 Å². The summed E-state index contributed by atoms with van der Waals surface area (Å²) in [7, 11) is 0. The monoisotopic (exact) mass is 288 g/mol. The molecule has 0 aliphatic carbocycles. The second kappa shape index (κ2) is 7.25. The number of hydrogen-bond donors (Lipinski definition) is 0. The van der Waals surface area contributed by atoms with Gasteiger partial charge in [-0.1, -0.05) is 44.2 Å². The molecule has 0 aromatic heterocycles. The molecule has 0 saturated heterocycles. The summed E-state index contributed by atoms with van der Waals surface area (Å²) in [6.07, 6.45) is 0.858. The fourth-order valence-electron chi connectivity index (χ4n) is 2.46. The fraction of sp³-hybridized carbons (Fsp3) is 0.529. The SMILES string of the molecule is CCOC1=N[C@@H](C(C)C)C(=O)N(CCc2ccccc2)C1. The van der Waals surface area contributed by atoms with E-state index < -0.39 is 0 Å². The molecule has 0 bridgehead atoms. The molecule has 0 unspecified atom stereocenters. The van der Waals surface area contributed by atoms with Crippen molar-refractivity contribution in [3.05, 3.63) is 35.9 Å². The summed E-state index contributed by atoms with van der Waals surface area (Å²) in [5.74, 6) is 0.987. The highest BCUT2D eigenvalue weighted by Gasteiger charge is 2.32. The lowest BCUT2D eigenvalue weighted by molar-refractivity contribution is -0.133. The van der Waals surface area contributed by atoms with Crippen LogP contribution in [0.15, 0.2) is 35.3 Å². The molecule has 1 aromatic carbocycles. The Kier molecular flexibility index (Phi) is 5.37. The minimum absolute atomic E-state index is 0.115. The van der Waals surface area contributed by atoms with Crippen molar-refractivity contribution in [2.45, 2.75) is 33.2 Å².